The summed E-state index contributed by atoms with van der Waals surface area (Å²) in [7, 11) is 0. The van der Waals surface area contributed by atoms with Crippen LogP contribution in [-0.4, -0.2) is 42.7 Å². The first-order valence-electron chi connectivity index (χ1n) is 6.33. The molecule has 1 aromatic rings. The zero-order valence-corrected chi connectivity index (χ0v) is 11.2. The summed E-state index contributed by atoms with van der Waals surface area (Å²) in [4.78, 5) is 35.3. The lowest BCUT2D eigenvalue weighted by Crippen LogP contribution is -2.45. The van der Waals surface area contributed by atoms with Crippen molar-refractivity contribution in [3.63, 3.8) is 0 Å². The predicted octanol–water partition coefficient (Wildman–Crippen LogP) is 0.169. The normalized spacial score (nSPS) is 13.0. The van der Waals surface area contributed by atoms with Crippen molar-refractivity contribution in [1.82, 2.24) is 5.32 Å². The van der Waals surface area contributed by atoms with Gasteiger partial charge < -0.3 is 20.9 Å². The Morgan fingerprint density at radius 2 is 2.14 bits per heavy atom. The molecule has 0 saturated carbocycles. The SMILES string of the molecule is NC(=O)CCNC(=O)N1CCOc2c(C(=O)O)cccc21. The van der Waals surface area contributed by atoms with Gasteiger partial charge in [0.1, 0.15) is 12.2 Å². The number of carboxylic acids is 1. The molecule has 8 heteroatoms. The Bertz CT molecular complexity index is 587. The van der Waals surface area contributed by atoms with Crippen LogP contribution < -0.4 is 20.7 Å². The molecule has 0 spiro atoms. The number of hydrogen-bond acceptors (Lipinski definition) is 4. The molecule has 1 aliphatic rings. The number of aromatic carboxylic acids is 1. The Kier molecular flexibility index (Phi) is 4.27. The number of carboxylic acid groups (broad SMARTS) is 1. The maximum atomic E-state index is 12.1. The fourth-order valence-electron chi connectivity index (χ4n) is 2.02. The summed E-state index contributed by atoms with van der Waals surface area (Å²) in [6.07, 6.45) is 0.0398. The number of benzene rings is 1. The van der Waals surface area contributed by atoms with Crippen LogP contribution in [0.4, 0.5) is 10.5 Å². The summed E-state index contributed by atoms with van der Waals surface area (Å²) >= 11 is 0. The van der Waals surface area contributed by atoms with E-state index in [1.54, 1.807) is 12.1 Å². The average molecular weight is 293 g/mol. The van der Waals surface area contributed by atoms with E-state index in [-0.39, 0.29) is 30.9 Å². The quantitative estimate of drug-likeness (QED) is 0.730. The number of nitrogens with one attached hydrogen (secondary N) is 1. The lowest BCUT2D eigenvalue weighted by atomic mass is 10.1. The van der Waals surface area contributed by atoms with E-state index >= 15 is 0 Å². The van der Waals surface area contributed by atoms with Crippen LogP contribution in [0.3, 0.4) is 0 Å². The molecule has 1 aromatic carbocycles. The van der Waals surface area contributed by atoms with Crippen LogP contribution in [0.1, 0.15) is 16.8 Å². The molecule has 2 rings (SSSR count). The number of carbonyl (C=O) groups is 3. The standard InChI is InChI=1S/C13H15N3O5/c14-10(17)4-5-15-13(20)16-6-7-21-11-8(12(18)19)2-1-3-9(11)16/h1-3H,4-7H2,(H2,14,17)(H,15,20)(H,18,19). The number of para-hydroxylation sites is 1. The van der Waals surface area contributed by atoms with Gasteiger partial charge in [0.25, 0.3) is 0 Å². The lowest BCUT2D eigenvalue weighted by molar-refractivity contribution is -0.117. The number of nitrogens with two attached hydrogens (primary N) is 1. The van der Waals surface area contributed by atoms with Crippen molar-refractivity contribution in [3.8, 4) is 5.75 Å². The average Bonchev–Trinajstić information content (AvgIpc) is 2.45. The van der Waals surface area contributed by atoms with E-state index in [9.17, 15) is 14.4 Å². The van der Waals surface area contributed by atoms with E-state index in [2.05, 4.69) is 5.32 Å². The van der Waals surface area contributed by atoms with Crippen molar-refractivity contribution in [3.05, 3.63) is 23.8 Å². The smallest absolute Gasteiger partial charge is 0.339 e. The number of nitrogens with zero attached hydrogens (tertiary/aromatic N) is 1. The van der Waals surface area contributed by atoms with E-state index in [0.717, 1.165) is 0 Å². The van der Waals surface area contributed by atoms with Crippen molar-refractivity contribution < 1.29 is 24.2 Å². The minimum atomic E-state index is -1.12. The molecule has 0 bridgehead atoms. The highest BCUT2D eigenvalue weighted by atomic mass is 16.5. The van der Waals surface area contributed by atoms with E-state index in [1.807, 2.05) is 0 Å². The van der Waals surface area contributed by atoms with Gasteiger partial charge in [0.05, 0.1) is 12.2 Å². The summed E-state index contributed by atoms with van der Waals surface area (Å²) in [5.74, 6) is -1.46. The number of amides is 3. The van der Waals surface area contributed by atoms with Gasteiger partial charge in [-0.1, -0.05) is 6.07 Å². The van der Waals surface area contributed by atoms with Gasteiger partial charge in [0.2, 0.25) is 5.91 Å². The Hall–Kier alpha value is -2.77. The molecule has 1 aliphatic heterocycles. The molecule has 8 nitrogen and oxygen atoms in total. The molecule has 0 radical (unpaired) electrons. The van der Waals surface area contributed by atoms with Crippen LogP contribution in [0, 0.1) is 0 Å². The maximum absolute atomic E-state index is 12.1. The third-order valence-electron chi connectivity index (χ3n) is 2.97. The van der Waals surface area contributed by atoms with Crippen molar-refractivity contribution >= 4 is 23.6 Å². The lowest BCUT2D eigenvalue weighted by Gasteiger charge is -2.30. The number of fused-ring (bicyclic) bond motifs is 1. The first kappa shape index (κ1) is 14.6. The van der Waals surface area contributed by atoms with Gasteiger partial charge in [-0.15, -0.1) is 0 Å². The molecule has 0 atom stereocenters. The minimum absolute atomic E-state index is 0.00198. The number of rotatable bonds is 4. The van der Waals surface area contributed by atoms with E-state index in [1.165, 1.54) is 11.0 Å². The molecule has 21 heavy (non-hydrogen) atoms. The van der Waals surface area contributed by atoms with Crippen LogP contribution in [0.15, 0.2) is 18.2 Å². The third-order valence-corrected chi connectivity index (χ3v) is 2.97. The highest BCUT2D eigenvalue weighted by Gasteiger charge is 2.27. The van der Waals surface area contributed by atoms with E-state index in [4.69, 9.17) is 15.6 Å². The molecule has 0 unspecified atom stereocenters. The monoisotopic (exact) mass is 293 g/mol. The van der Waals surface area contributed by atoms with Crippen LogP contribution in [0.2, 0.25) is 0 Å². The number of carbonyl (C=O) groups excluding carboxylic acids is 2. The van der Waals surface area contributed by atoms with Crippen molar-refractivity contribution in [2.45, 2.75) is 6.42 Å². The van der Waals surface area contributed by atoms with Gasteiger partial charge in [-0.2, -0.15) is 0 Å². The number of ether oxygens (including phenoxy) is 1. The molecular formula is C13H15N3O5. The number of hydrogen-bond donors (Lipinski definition) is 3. The Balaban J connectivity index is 2.18. The predicted molar refractivity (Wildman–Crippen MR) is 73.5 cm³/mol. The van der Waals surface area contributed by atoms with E-state index in [0.29, 0.717) is 12.2 Å². The first-order chi connectivity index (χ1) is 10.0. The van der Waals surface area contributed by atoms with Gasteiger partial charge in [0.15, 0.2) is 5.75 Å². The molecular weight excluding hydrogens is 278 g/mol. The highest BCUT2D eigenvalue weighted by Crippen LogP contribution is 2.34. The van der Waals surface area contributed by atoms with E-state index < -0.39 is 17.9 Å². The van der Waals surface area contributed by atoms with Gasteiger partial charge in [-0.05, 0) is 12.1 Å². The molecule has 112 valence electrons. The van der Waals surface area contributed by atoms with Crippen LogP contribution >= 0.6 is 0 Å². The fourth-order valence-corrected chi connectivity index (χ4v) is 2.02. The van der Waals surface area contributed by atoms with Gasteiger partial charge in [-0.25, -0.2) is 9.59 Å². The Morgan fingerprint density at radius 1 is 1.38 bits per heavy atom. The number of primary amides is 1. The van der Waals surface area contributed by atoms with Gasteiger partial charge in [0, 0.05) is 13.0 Å². The van der Waals surface area contributed by atoms with Crippen LogP contribution in [0.25, 0.3) is 0 Å². The fraction of sp³-hybridized carbons (Fsp3) is 0.308. The second-order valence-electron chi connectivity index (χ2n) is 4.41. The largest absolute Gasteiger partial charge is 0.489 e. The topological polar surface area (TPSA) is 122 Å². The van der Waals surface area contributed by atoms with Crippen molar-refractivity contribution in [2.75, 3.05) is 24.6 Å². The Labute approximate surface area is 120 Å². The molecule has 0 fully saturated rings. The van der Waals surface area contributed by atoms with Crippen LogP contribution in [0.5, 0.6) is 5.75 Å². The number of anilines is 1. The highest BCUT2D eigenvalue weighted by molar-refractivity contribution is 5.99. The minimum Gasteiger partial charge on any atom is -0.489 e. The zero-order chi connectivity index (χ0) is 15.4. The van der Waals surface area contributed by atoms with Gasteiger partial charge in [-0.3, -0.25) is 9.69 Å². The Morgan fingerprint density at radius 3 is 2.81 bits per heavy atom. The third kappa shape index (κ3) is 3.22. The maximum Gasteiger partial charge on any atom is 0.339 e. The molecule has 3 amide bonds. The second kappa shape index (κ2) is 6.12. The second-order valence-corrected chi connectivity index (χ2v) is 4.41. The molecule has 1 heterocycles. The molecule has 0 saturated heterocycles. The first-order valence-corrected chi connectivity index (χ1v) is 6.33. The van der Waals surface area contributed by atoms with Gasteiger partial charge >= 0.3 is 12.0 Å². The molecule has 0 aliphatic carbocycles. The van der Waals surface area contributed by atoms with Crippen LogP contribution in [-0.2, 0) is 4.79 Å². The number of urea groups is 1. The summed E-state index contributed by atoms with van der Waals surface area (Å²) < 4.78 is 5.36. The molecule has 4 N–H and O–H groups in total. The summed E-state index contributed by atoms with van der Waals surface area (Å²) in [6, 6.07) is 4.13. The summed E-state index contributed by atoms with van der Waals surface area (Å²) in [5, 5.41) is 11.7. The van der Waals surface area contributed by atoms with Crippen molar-refractivity contribution in [2.24, 2.45) is 5.73 Å². The van der Waals surface area contributed by atoms with Crippen molar-refractivity contribution in [1.29, 1.82) is 0 Å². The zero-order valence-electron chi connectivity index (χ0n) is 11.2. The molecule has 0 aromatic heterocycles. The summed E-state index contributed by atoms with van der Waals surface area (Å²) in [5.41, 5.74) is 5.39. The summed E-state index contributed by atoms with van der Waals surface area (Å²) in [6.45, 7) is 0.610.